The third-order valence-corrected chi connectivity index (χ3v) is 6.68. The Morgan fingerprint density at radius 3 is 2.67 bits per heavy atom. The molecule has 1 fully saturated rings. The van der Waals surface area contributed by atoms with Gasteiger partial charge in [-0.25, -0.2) is 14.4 Å². The SMILES string of the molecule is COc1ccc(-c2cnc3c(Nc4ccc(C(=O)N(C)CC(=O)N5CCOCC5)c(C)c4)nccn23)cc1F. The maximum Gasteiger partial charge on any atom is 0.254 e. The third kappa shape index (κ3) is 5.39. The van der Waals surface area contributed by atoms with Gasteiger partial charge in [-0.15, -0.1) is 0 Å². The average molecular weight is 533 g/mol. The van der Waals surface area contributed by atoms with Crippen LogP contribution in [-0.2, 0) is 9.53 Å². The monoisotopic (exact) mass is 532 g/mol. The predicted octanol–water partition coefficient (Wildman–Crippen LogP) is 3.53. The Bertz CT molecular complexity index is 1530. The van der Waals surface area contributed by atoms with Crippen LogP contribution in [0.15, 0.2) is 55.0 Å². The Hall–Kier alpha value is -4.51. The first-order valence-corrected chi connectivity index (χ1v) is 12.5. The minimum Gasteiger partial charge on any atom is -0.494 e. The molecule has 0 atom stereocenters. The number of benzene rings is 2. The van der Waals surface area contributed by atoms with Crippen LogP contribution in [0.25, 0.3) is 16.9 Å². The number of ether oxygens (including phenoxy) is 2. The highest BCUT2D eigenvalue weighted by Crippen LogP contribution is 2.29. The molecule has 39 heavy (non-hydrogen) atoms. The Kier molecular flexibility index (Phi) is 7.42. The van der Waals surface area contributed by atoms with Gasteiger partial charge in [-0.1, -0.05) is 0 Å². The van der Waals surface area contributed by atoms with E-state index in [9.17, 15) is 14.0 Å². The van der Waals surface area contributed by atoms with Gasteiger partial charge < -0.3 is 24.6 Å². The quantitative estimate of drug-likeness (QED) is 0.389. The number of hydrogen-bond acceptors (Lipinski definition) is 7. The van der Waals surface area contributed by atoms with Crippen molar-refractivity contribution in [2.45, 2.75) is 6.92 Å². The minimum absolute atomic E-state index is 0.00447. The molecule has 0 spiro atoms. The van der Waals surface area contributed by atoms with E-state index in [-0.39, 0.29) is 24.1 Å². The molecular weight excluding hydrogens is 503 g/mol. The van der Waals surface area contributed by atoms with Crippen molar-refractivity contribution in [1.29, 1.82) is 0 Å². The van der Waals surface area contributed by atoms with Crippen LogP contribution in [0.5, 0.6) is 5.75 Å². The molecule has 0 aliphatic carbocycles. The number of halogens is 1. The van der Waals surface area contributed by atoms with Crippen LogP contribution in [0, 0.1) is 12.7 Å². The van der Waals surface area contributed by atoms with Crippen LogP contribution in [0.1, 0.15) is 15.9 Å². The van der Waals surface area contributed by atoms with Crippen molar-refractivity contribution in [2.75, 3.05) is 52.3 Å². The number of carbonyl (C=O) groups excluding carboxylic acids is 2. The number of nitrogens with one attached hydrogen (secondary N) is 1. The predicted molar refractivity (Wildman–Crippen MR) is 144 cm³/mol. The Morgan fingerprint density at radius 1 is 1.15 bits per heavy atom. The van der Waals surface area contributed by atoms with Crippen LogP contribution in [0.2, 0.25) is 0 Å². The largest absolute Gasteiger partial charge is 0.494 e. The van der Waals surface area contributed by atoms with Crippen molar-refractivity contribution in [2.24, 2.45) is 0 Å². The van der Waals surface area contributed by atoms with E-state index < -0.39 is 5.82 Å². The molecule has 1 aliphatic rings. The second-order valence-corrected chi connectivity index (χ2v) is 9.27. The number of anilines is 2. The molecule has 0 unspecified atom stereocenters. The van der Waals surface area contributed by atoms with Gasteiger partial charge >= 0.3 is 0 Å². The molecule has 4 aromatic rings. The number of fused-ring (bicyclic) bond motifs is 1. The fraction of sp³-hybridized carbons (Fsp3) is 0.286. The van der Waals surface area contributed by atoms with Crippen LogP contribution in [0.4, 0.5) is 15.9 Å². The molecular formula is C28H29FN6O4. The summed E-state index contributed by atoms with van der Waals surface area (Å²) in [6.07, 6.45) is 5.04. The summed E-state index contributed by atoms with van der Waals surface area (Å²) in [5.74, 6) is -0.113. The number of rotatable bonds is 7. The van der Waals surface area contributed by atoms with E-state index in [1.54, 1.807) is 54.8 Å². The molecule has 1 N–H and O–H groups in total. The highest BCUT2D eigenvalue weighted by molar-refractivity contribution is 5.98. The lowest BCUT2D eigenvalue weighted by Crippen LogP contribution is -2.46. The number of aryl methyl sites for hydroxylation is 1. The smallest absolute Gasteiger partial charge is 0.254 e. The lowest BCUT2D eigenvalue weighted by atomic mass is 10.1. The Balaban J connectivity index is 1.32. The van der Waals surface area contributed by atoms with Gasteiger partial charge in [0.15, 0.2) is 23.0 Å². The van der Waals surface area contributed by atoms with Crippen LogP contribution in [0.3, 0.4) is 0 Å². The van der Waals surface area contributed by atoms with Crippen molar-refractivity contribution >= 4 is 29.0 Å². The highest BCUT2D eigenvalue weighted by Gasteiger charge is 2.22. The number of imidazole rings is 1. The zero-order valence-electron chi connectivity index (χ0n) is 22.0. The van der Waals surface area contributed by atoms with Crippen molar-refractivity contribution in [3.05, 3.63) is 71.9 Å². The number of morpholine rings is 1. The molecule has 1 aliphatic heterocycles. The molecule has 0 saturated carbocycles. The van der Waals surface area contributed by atoms with Crippen LogP contribution >= 0.6 is 0 Å². The molecule has 10 nitrogen and oxygen atoms in total. The summed E-state index contributed by atoms with van der Waals surface area (Å²) in [6, 6.07) is 10.1. The zero-order valence-corrected chi connectivity index (χ0v) is 22.0. The second kappa shape index (κ2) is 11.1. The molecule has 2 aromatic carbocycles. The van der Waals surface area contributed by atoms with Gasteiger partial charge in [-0.2, -0.15) is 0 Å². The normalized spacial score (nSPS) is 13.4. The first-order valence-electron chi connectivity index (χ1n) is 12.5. The first kappa shape index (κ1) is 26.1. The van der Waals surface area contributed by atoms with Gasteiger partial charge in [0.1, 0.15) is 0 Å². The first-order chi connectivity index (χ1) is 18.9. The standard InChI is InChI=1S/C28H29FN6O4/c1-18-14-20(5-6-21(18)28(37)33(2)17-25(36)34-10-12-39-13-11-34)32-26-27-31-16-23(35(27)9-8-30-26)19-4-7-24(38-3)22(29)15-19/h4-9,14-16H,10-13,17H2,1-3H3,(H,30,32). The van der Waals surface area contributed by atoms with Crippen molar-refractivity contribution < 1.29 is 23.5 Å². The van der Waals surface area contributed by atoms with Gasteiger partial charge in [0.05, 0.1) is 38.8 Å². The van der Waals surface area contributed by atoms with Crippen molar-refractivity contribution in [3.8, 4) is 17.0 Å². The molecule has 1 saturated heterocycles. The summed E-state index contributed by atoms with van der Waals surface area (Å²) >= 11 is 0. The van der Waals surface area contributed by atoms with E-state index >= 15 is 0 Å². The van der Waals surface area contributed by atoms with E-state index in [1.165, 1.54) is 18.1 Å². The van der Waals surface area contributed by atoms with Gasteiger partial charge in [0, 0.05) is 49.3 Å². The third-order valence-electron chi connectivity index (χ3n) is 6.68. The number of hydrogen-bond donors (Lipinski definition) is 1. The van der Waals surface area contributed by atoms with Gasteiger partial charge in [0.25, 0.3) is 5.91 Å². The molecule has 2 aromatic heterocycles. The Labute approximate surface area is 225 Å². The van der Waals surface area contributed by atoms with Crippen LogP contribution in [-0.4, -0.2) is 83.0 Å². The molecule has 2 amide bonds. The molecule has 0 bridgehead atoms. The maximum atomic E-state index is 14.3. The number of aromatic nitrogens is 3. The number of methoxy groups -OCH3 is 1. The molecule has 11 heteroatoms. The average Bonchev–Trinajstić information content (AvgIpc) is 3.38. The topological polar surface area (TPSA) is 101 Å². The molecule has 202 valence electrons. The molecule has 5 rings (SSSR count). The lowest BCUT2D eigenvalue weighted by molar-refractivity contribution is -0.135. The van der Waals surface area contributed by atoms with E-state index in [4.69, 9.17) is 9.47 Å². The van der Waals surface area contributed by atoms with Gasteiger partial charge in [0.2, 0.25) is 5.91 Å². The van der Waals surface area contributed by atoms with E-state index in [2.05, 4.69) is 15.3 Å². The van der Waals surface area contributed by atoms with Crippen molar-refractivity contribution in [3.63, 3.8) is 0 Å². The Morgan fingerprint density at radius 2 is 1.95 bits per heavy atom. The van der Waals surface area contributed by atoms with E-state index in [1.807, 2.05) is 17.4 Å². The number of carbonyl (C=O) groups is 2. The number of likely N-dealkylation sites (N-methyl/N-ethyl adjacent to an activating group) is 1. The summed E-state index contributed by atoms with van der Waals surface area (Å²) in [5.41, 5.74) is 3.88. The lowest BCUT2D eigenvalue weighted by Gasteiger charge is -2.29. The van der Waals surface area contributed by atoms with Crippen molar-refractivity contribution in [1.82, 2.24) is 24.2 Å². The highest BCUT2D eigenvalue weighted by atomic mass is 19.1. The number of nitrogens with zero attached hydrogens (tertiary/aromatic N) is 5. The maximum absolute atomic E-state index is 14.3. The second-order valence-electron chi connectivity index (χ2n) is 9.27. The summed E-state index contributed by atoms with van der Waals surface area (Å²) in [6.45, 7) is 3.95. The number of amides is 2. The fourth-order valence-electron chi connectivity index (χ4n) is 4.56. The summed E-state index contributed by atoms with van der Waals surface area (Å²) in [4.78, 5) is 37.7. The van der Waals surface area contributed by atoms with Gasteiger partial charge in [-0.3, -0.25) is 14.0 Å². The molecule has 0 radical (unpaired) electrons. The van der Waals surface area contributed by atoms with Crippen LogP contribution < -0.4 is 10.1 Å². The van der Waals surface area contributed by atoms with E-state index in [0.717, 1.165) is 11.3 Å². The minimum atomic E-state index is -0.460. The zero-order chi connectivity index (χ0) is 27.5. The fourth-order valence-corrected chi connectivity index (χ4v) is 4.56. The van der Waals surface area contributed by atoms with Gasteiger partial charge in [-0.05, 0) is 48.9 Å². The van der Waals surface area contributed by atoms with E-state index in [0.29, 0.717) is 54.6 Å². The summed E-state index contributed by atoms with van der Waals surface area (Å²) in [5, 5.41) is 3.27. The summed E-state index contributed by atoms with van der Waals surface area (Å²) in [7, 11) is 3.05. The summed E-state index contributed by atoms with van der Waals surface area (Å²) < 4.78 is 26.4. The molecule has 3 heterocycles.